The maximum Gasteiger partial charge on any atom is 0.0491 e. The van der Waals surface area contributed by atoms with Gasteiger partial charge >= 0.3 is 0 Å². The number of nitrogens with one attached hydrogen (secondary N) is 1. The molecule has 0 aromatic heterocycles. The molecule has 94 valence electrons. The summed E-state index contributed by atoms with van der Waals surface area (Å²) in [5.41, 5.74) is 0. The van der Waals surface area contributed by atoms with Gasteiger partial charge in [-0.05, 0) is 51.2 Å². The van der Waals surface area contributed by atoms with Crippen LogP contribution in [0.25, 0.3) is 0 Å². The Hall–Kier alpha value is -0.120. The van der Waals surface area contributed by atoms with Crippen molar-refractivity contribution in [2.75, 3.05) is 39.9 Å². The quantitative estimate of drug-likeness (QED) is 0.786. The predicted molar refractivity (Wildman–Crippen MR) is 66.7 cm³/mol. The van der Waals surface area contributed by atoms with E-state index in [0.717, 1.165) is 18.6 Å². The molecule has 2 heterocycles. The molecule has 0 saturated carbocycles. The van der Waals surface area contributed by atoms with Crippen LogP contribution in [-0.2, 0) is 4.74 Å². The highest BCUT2D eigenvalue weighted by Crippen LogP contribution is 2.18. The summed E-state index contributed by atoms with van der Waals surface area (Å²) in [5, 5.41) is 3.64. The van der Waals surface area contributed by atoms with Gasteiger partial charge in [-0.15, -0.1) is 0 Å². The number of nitrogens with zero attached hydrogens (tertiary/aromatic N) is 1. The van der Waals surface area contributed by atoms with Gasteiger partial charge in [-0.1, -0.05) is 6.42 Å². The van der Waals surface area contributed by atoms with Gasteiger partial charge in [0, 0.05) is 26.3 Å². The normalized spacial score (nSPS) is 29.4. The summed E-state index contributed by atoms with van der Waals surface area (Å²) in [5.74, 6) is 0.806. The number of hydrogen-bond acceptors (Lipinski definition) is 3. The van der Waals surface area contributed by atoms with Crippen LogP contribution >= 0.6 is 0 Å². The second-order valence-corrected chi connectivity index (χ2v) is 5.35. The van der Waals surface area contributed by atoms with Gasteiger partial charge in [0.25, 0.3) is 0 Å². The summed E-state index contributed by atoms with van der Waals surface area (Å²) in [6.45, 7) is 5.98. The van der Waals surface area contributed by atoms with Crippen LogP contribution in [0.4, 0.5) is 0 Å². The lowest BCUT2D eigenvalue weighted by molar-refractivity contribution is 0.0934. The van der Waals surface area contributed by atoms with E-state index >= 15 is 0 Å². The fraction of sp³-hybridized carbons (Fsp3) is 1.00. The van der Waals surface area contributed by atoms with Crippen LogP contribution in [0.15, 0.2) is 0 Å². The third kappa shape index (κ3) is 3.72. The Labute approximate surface area is 99.5 Å². The molecule has 2 aliphatic rings. The van der Waals surface area contributed by atoms with E-state index < -0.39 is 0 Å². The van der Waals surface area contributed by atoms with Gasteiger partial charge in [0.05, 0.1) is 0 Å². The predicted octanol–water partition coefficient (Wildman–Crippen LogP) is 1.49. The summed E-state index contributed by atoms with van der Waals surface area (Å²) in [6, 6.07) is 0.757. The maximum atomic E-state index is 5.24. The monoisotopic (exact) mass is 226 g/mol. The highest BCUT2D eigenvalue weighted by molar-refractivity contribution is 4.79. The van der Waals surface area contributed by atoms with E-state index in [1.54, 1.807) is 0 Å². The molecule has 0 bridgehead atoms. The molecule has 2 aliphatic heterocycles. The van der Waals surface area contributed by atoms with Gasteiger partial charge in [0.15, 0.2) is 0 Å². The van der Waals surface area contributed by atoms with Crippen LogP contribution in [0.2, 0.25) is 0 Å². The van der Waals surface area contributed by atoms with E-state index in [1.807, 2.05) is 7.11 Å². The van der Waals surface area contributed by atoms with Crippen molar-refractivity contribution in [2.45, 2.75) is 38.1 Å². The van der Waals surface area contributed by atoms with Crippen LogP contribution in [0, 0.1) is 5.92 Å². The first-order valence-electron chi connectivity index (χ1n) is 6.83. The molecule has 0 aromatic carbocycles. The zero-order chi connectivity index (χ0) is 11.2. The highest BCUT2D eigenvalue weighted by Gasteiger charge is 2.22. The molecule has 0 spiro atoms. The maximum absolute atomic E-state index is 5.24. The number of methoxy groups -OCH3 is 1. The Bertz CT molecular complexity index is 184. The van der Waals surface area contributed by atoms with Gasteiger partial charge in [-0.3, -0.25) is 0 Å². The molecule has 2 fully saturated rings. The van der Waals surface area contributed by atoms with E-state index in [-0.39, 0.29) is 0 Å². The standard InChI is InChI=1S/C13H26N2O/c1-16-11-12-5-8-15(9-6-12)10-13-4-2-3-7-14-13/h12-14H,2-11H2,1H3. The topological polar surface area (TPSA) is 24.5 Å². The van der Waals surface area contributed by atoms with E-state index in [9.17, 15) is 0 Å². The lowest BCUT2D eigenvalue weighted by atomic mass is 9.96. The molecule has 0 amide bonds. The molecule has 1 N–H and O–H groups in total. The lowest BCUT2D eigenvalue weighted by Crippen LogP contribution is -2.46. The number of piperidine rings is 2. The molecule has 1 unspecified atom stereocenters. The first-order chi connectivity index (χ1) is 7.88. The largest absolute Gasteiger partial charge is 0.384 e. The van der Waals surface area contributed by atoms with Gasteiger partial charge in [-0.2, -0.15) is 0 Å². The van der Waals surface area contributed by atoms with Crippen molar-refractivity contribution in [1.82, 2.24) is 10.2 Å². The SMILES string of the molecule is COCC1CCN(CC2CCCCN2)CC1. The molecule has 1 atom stereocenters. The second-order valence-electron chi connectivity index (χ2n) is 5.35. The Morgan fingerprint density at radius 3 is 2.62 bits per heavy atom. The zero-order valence-corrected chi connectivity index (χ0v) is 10.6. The summed E-state index contributed by atoms with van der Waals surface area (Å²) >= 11 is 0. The molecule has 0 radical (unpaired) electrons. The number of hydrogen-bond donors (Lipinski definition) is 1. The average Bonchev–Trinajstić information content (AvgIpc) is 2.33. The van der Waals surface area contributed by atoms with Crippen LogP contribution < -0.4 is 5.32 Å². The van der Waals surface area contributed by atoms with Crippen LogP contribution in [0.5, 0.6) is 0 Å². The highest BCUT2D eigenvalue weighted by atomic mass is 16.5. The average molecular weight is 226 g/mol. The molecule has 16 heavy (non-hydrogen) atoms. The number of ether oxygens (including phenoxy) is 1. The Kier molecular flexibility index (Phi) is 5.07. The van der Waals surface area contributed by atoms with Crippen molar-refractivity contribution in [3.05, 3.63) is 0 Å². The Balaban J connectivity index is 1.64. The zero-order valence-electron chi connectivity index (χ0n) is 10.6. The van der Waals surface area contributed by atoms with Gasteiger partial charge in [0.1, 0.15) is 0 Å². The minimum atomic E-state index is 0.757. The van der Waals surface area contributed by atoms with Crippen LogP contribution in [0.1, 0.15) is 32.1 Å². The van der Waals surface area contributed by atoms with Gasteiger partial charge in [-0.25, -0.2) is 0 Å². The van der Waals surface area contributed by atoms with Crippen LogP contribution in [-0.4, -0.2) is 50.8 Å². The number of likely N-dealkylation sites (tertiary alicyclic amines) is 1. The third-order valence-corrected chi connectivity index (χ3v) is 4.00. The molecule has 0 aromatic rings. The summed E-state index contributed by atoms with van der Waals surface area (Å²) in [6.07, 6.45) is 6.79. The van der Waals surface area contributed by atoms with Crippen molar-refractivity contribution in [3.63, 3.8) is 0 Å². The molecular weight excluding hydrogens is 200 g/mol. The van der Waals surface area contributed by atoms with E-state index in [4.69, 9.17) is 4.74 Å². The van der Waals surface area contributed by atoms with Crippen molar-refractivity contribution in [2.24, 2.45) is 5.92 Å². The van der Waals surface area contributed by atoms with E-state index in [2.05, 4.69) is 10.2 Å². The smallest absolute Gasteiger partial charge is 0.0491 e. The van der Waals surface area contributed by atoms with Gasteiger partial charge in [0.2, 0.25) is 0 Å². The molecule has 0 aliphatic carbocycles. The fourth-order valence-corrected chi connectivity index (χ4v) is 2.96. The Morgan fingerprint density at radius 2 is 2.00 bits per heavy atom. The molecule has 3 nitrogen and oxygen atoms in total. The van der Waals surface area contributed by atoms with Crippen molar-refractivity contribution in [1.29, 1.82) is 0 Å². The van der Waals surface area contributed by atoms with Crippen molar-refractivity contribution in [3.8, 4) is 0 Å². The molecular formula is C13H26N2O. The minimum Gasteiger partial charge on any atom is -0.384 e. The first kappa shape index (κ1) is 12.3. The molecule has 2 saturated heterocycles. The van der Waals surface area contributed by atoms with Gasteiger partial charge < -0.3 is 15.0 Å². The fourth-order valence-electron chi connectivity index (χ4n) is 2.96. The van der Waals surface area contributed by atoms with E-state index in [0.29, 0.717) is 0 Å². The number of rotatable bonds is 4. The second kappa shape index (κ2) is 6.58. The summed E-state index contributed by atoms with van der Waals surface area (Å²) < 4.78 is 5.24. The molecule has 3 heteroatoms. The minimum absolute atomic E-state index is 0.757. The lowest BCUT2D eigenvalue weighted by Gasteiger charge is -2.35. The molecule has 2 rings (SSSR count). The summed E-state index contributed by atoms with van der Waals surface area (Å²) in [4.78, 5) is 2.63. The first-order valence-corrected chi connectivity index (χ1v) is 6.83. The summed E-state index contributed by atoms with van der Waals surface area (Å²) in [7, 11) is 1.82. The Morgan fingerprint density at radius 1 is 1.19 bits per heavy atom. The van der Waals surface area contributed by atoms with Crippen molar-refractivity contribution >= 4 is 0 Å². The third-order valence-electron chi connectivity index (χ3n) is 4.00. The van der Waals surface area contributed by atoms with E-state index in [1.165, 1.54) is 58.3 Å². The van der Waals surface area contributed by atoms with Crippen molar-refractivity contribution < 1.29 is 4.74 Å². The van der Waals surface area contributed by atoms with Crippen LogP contribution in [0.3, 0.4) is 0 Å².